The lowest BCUT2D eigenvalue weighted by Crippen LogP contribution is -2.25. The van der Waals surface area contributed by atoms with Crippen LogP contribution in [0, 0.1) is 11.3 Å². The Morgan fingerprint density at radius 3 is 3.12 bits per heavy atom. The monoisotopic (exact) mass is 331 g/mol. The van der Waals surface area contributed by atoms with E-state index in [1.807, 2.05) is 30.3 Å². The number of fused-ring (bicyclic) bond motifs is 3. The van der Waals surface area contributed by atoms with Gasteiger partial charge in [0.15, 0.2) is 5.69 Å². The van der Waals surface area contributed by atoms with Crippen LogP contribution in [0.5, 0.6) is 5.75 Å². The minimum atomic E-state index is -0.315. The molecule has 0 atom stereocenters. The highest BCUT2D eigenvalue weighted by atomic mass is 16.5. The number of H-pyrrole nitrogens is 1. The van der Waals surface area contributed by atoms with Gasteiger partial charge in [-0.05, 0) is 24.3 Å². The summed E-state index contributed by atoms with van der Waals surface area (Å²) in [4.78, 5) is 16.6. The van der Waals surface area contributed by atoms with Gasteiger partial charge >= 0.3 is 0 Å². The van der Waals surface area contributed by atoms with Gasteiger partial charge in [0, 0.05) is 17.3 Å². The van der Waals surface area contributed by atoms with Gasteiger partial charge in [-0.25, -0.2) is 0 Å². The molecule has 3 heterocycles. The second-order valence-electron chi connectivity index (χ2n) is 5.54. The Bertz CT molecular complexity index is 1000. The fourth-order valence-corrected chi connectivity index (χ4v) is 2.76. The topological polar surface area (TPSA) is 104 Å². The first kappa shape index (κ1) is 14.9. The first-order valence-electron chi connectivity index (χ1n) is 7.69. The molecule has 0 saturated carbocycles. The van der Waals surface area contributed by atoms with Gasteiger partial charge in [-0.3, -0.25) is 14.9 Å². The number of amides is 1. The van der Waals surface area contributed by atoms with Crippen molar-refractivity contribution in [1.82, 2.24) is 20.5 Å². The smallest absolute Gasteiger partial charge is 0.272 e. The van der Waals surface area contributed by atoms with Crippen molar-refractivity contribution in [3.8, 4) is 23.1 Å². The third-order valence-corrected chi connectivity index (χ3v) is 3.99. The maximum absolute atomic E-state index is 12.5. The van der Waals surface area contributed by atoms with Crippen molar-refractivity contribution in [1.29, 1.82) is 5.26 Å². The van der Waals surface area contributed by atoms with Crippen molar-refractivity contribution in [3.05, 3.63) is 65.1 Å². The molecule has 0 unspecified atom stereocenters. The normalized spacial score (nSPS) is 11.6. The van der Waals surface area contributed by atoms with E-state index in [-0.39, 0.29) is 19.1 Å². The van der Waals surface area contributed by atoms with E-state index < -0.39 is 0 Å². The summed E-state index contributed by atoms with van der Waals surface area (Å²) in [6.07, 6.45) is 1.54. The molecule has 7 nitrogen and oxygen atoms in total. The molecular formula is C18H13N5O2. The molecule has 0 aliphatic carbocycles. The molecule has 122 valence electrons. The molecule has 25 heavy (non-hydrogen) atoms. The zero-order valence-electron chi connectivity index (χ0n) is 13.1. The molecule has 0 radical (unpaired) electrons. The molecule has 0 fully saturated rings. The summed E-state index contributed by atoms with van der Waals surface area (Å²) in [5.41, 5.74) is 3.84. The number of carbonyl (C=O) groups is 1. The number of hydrogen-bond acceptors (Lipinski definition) is 5. The molecule has 0 bridgehead atoms. The largest absolute Gasteiger partial charge is 0.488 e. The summed E-state index contributed by atoms with van der Waals surface area (Å²) >= 11 is 0. The number of aromatic amines is 1. The average molecular weight is 331 g/mol. The number of nitrogens with zero attached hydrogens (tertiary/aromatic N) is 3. The summed E-state index contributed by atoms with van der Waals surface area (Å²) < 4.78 is 5.70. The predicted octanol–water partition coefficient (Wildman–Crippen LogP) is 2.17. The number of carbonyl (C=O) groups excluding carboxylic acids is 1. The SMILES string of the molecule is N#Cc1ccnc(CNC(=O)c2n[nH]c3c2COc2ccccc2-3)c1. The minimum absolute atomic E-state index is 0.216. The van der Waals surface area contributed by atoms with Crippen LogP contribution in [0.4, 0.5) is 0 Å². The number of nitrogens with one attached hydrogen (secondary N) is 2. The molecule has 3 aromatic rings. The number of para-hydroxylation sites is 1. The van der Waals surface area contributed by atoms with Crippen LogP contribution in [0.1, 0.15) is 27.3 Å². The van der Waals surface area contributed by atoms with E-state index >= 15 is 0 Å². The zero-order valence-corrected chi connectivity index (χ0v) is 13.1. The Balaban J connectivity index is 1.55. The lowest BCUT2D eigenvalue weighted by atomic mass is 10.0. The van der Waals surface area contributed by atoms with Crippen LogP contribution in [0.15, 0.2) is 42.6 Å². The van der Waals surface area contributed by atoms with E-state index in [1.54, 1.807) is 18.3 Å². The lowest BCUT2D eigenvalue weighted by Gasteiger charge is -2.17. The van der Waals surface area contributed by atoms with Crippen molar-refractivity contribution in [2.45, 2.75) is 13.2 Å². The van der Waals surface area contributed by atoms with E-state index in [0.29, 0.717) is 17.0 Å². The van der Waals surface area contributed by atoms with Crippen LogP contribution in [-0.4, -0.2) is 21.1 Å². The molecule has 1 amide bonds. The molecule has 2 aromatic heterocycles. The molecule has 0 spiro atoms. The van der Waals surface area contributed by atoms with Gasteiger partial charge in [0.1, 0.15) is 12.4 Å². The second kappa shape index (κ2) is 6.09. The highest BCUT2D eigenvalue weighted by Gasteiger charge is 2.26. The summed E-state index contributed by atoms with van der Waals surface area (Å²) in [6.45, 7) is 0.501. The quantitative estimate of drug-likeness (QED) is 0.765. The maximum Gasteiger partial charge on any atom is 0.272 e. The van der Waals surface area contributed by atoms with Crippen LogP contribution in [0.2, 0.25) is 0 Å². The Morgan fingerprint density at radius 1 is 1.36 bits per heavy atom. The van der Waals surface area contributed by atoms with Crippen LogP contribution in [0.25, 0.3) is 11.3 Å². The van der Waals surface area contributed by atoms with Gasteiger partial charge in [-0.1, -0.05) is 12.1 Å². The van der Waals surface area contributed by atoms with Crippen LogP contribution in [0.3, 0.4) is 0 Å². The third-order valence-electron chi connectivity index (χ3n) is 3.99. The van der Waals surface area contributed by atoms with Crippen LogP contribution in [-0.2, 0) is 13.2 Å². The molecule has 4 rings (SSSR count). The molecule has 1 aliphatic heterocycles. The van der Waals surface area contributed by atoms with Crippen molar-refractivity contribution < 1.29 is 9.53 Å². The van der Waals surface area contributed by atoms with E-state index in [4.69, 9.17) is 10.00 Å². The standard InChI is InChI=1S/C18H13N5O2/c19-8-11-5-6-20-12(7-11)9-21-18(24)17-14-10-25-15-4-2-1-3-13(15)16(14)22-23-17/h1-7H,9-10H2,(H,21,24)(H,22,23). The van der Waals surface area contributed by atoms with Gasteiger partial charge in [-0.15, -0.1) is 0 Å². The number of pyridine rings is 1. The van der Waals surface area contributed by atoms with E-state index in [9.17, 15) is 4.79 Å². The van der Waals surface area contributed by atoms with E-state index in [2.05, 4.69) is 20.5 Å². The first-order valence-corrected chi connectivity index (χ1v) is 7.69. The summed E-state index contributed by atoms with van der Waals surface area (Å²) in [6, 6.07) is 12.9. The molecule has 1 aliphatic rings. The van der Waals surface area contributed by atoms with Crippen molar-refractivity contribution in [2.75, 3.05) is 0 Å². The Kier molecular flexibility index (Phi) is 3.63. The summed E-state index contributed by atoms with van der Waals surface area (Å²) in [5.74, 6) is 0.452. The number of hydrogen-bond donors (Lipinski definition) is 2. The highest BCUT2D eigenvalue weighted by molar-refractivity contribution is 5.96. The van der Waals surface area contributed by atoms with Gasteiger partial charge in [0.2, 0.25) is 0 Å². The van der Waals surface area contributed by atoms with Crippen molar-refractivity contribution in [3.63, 3.8) is 0 Å². The minimum Gasteiger partial charge on any atom is -0.488 e. The Morgan fingerprint density at radius 2 is 2.24 bits per heavy atom. The highest BCUT2D eigenvalue weighted by Crippen LogP contribution is 2.36. The zero-order chi connectivity index (χ0) is 17.2. The average Bonchev–Trinajstić information content (AvgIpc) is 3.11. The maximum atomic E-state index is 12.5. The Labute approximate surface area is 143 Å². The van der Waals surface area contributed by atoms with Gasteiger partial charge < -0.3 is 10.1 Å². The van der Waals surface area contributed by atoms with E-state index in [1.165, 1.54) is 0 Å². The van der Waals surface area contributed by atoms with Gasteiger partial charge in [0.25, 0.3) is 5.91 Å². The van der Waals surface area contributed by atoms with Crippen molar-refractivity contribution >= 4 is 5.91 Å². The molecular weight excluding hydrogens is 318 g/mol. The van der Waals surface area contributed by atoms with Gasteiger partial charge in [-0.2, -0.15) is 10.4 Å². The first-order chi connectivity index (χ1) is 12.3. The molecule has 2 N–H and O–H groups in total. The molecule has 7 heteroatoms. The van der Waals surface area contributed by atoms with E-state index in [0.717, 1.165) is 22.6 Å². The number of nitriles is 1. The fourth-order valence-electron chi connectivity index (χ4n) is 2.76. The van der Waals surface area contributed by atoms with Gasteiger partial charge in [0.05, 0.1) is 29.6 Å². The lowest BCUT2D eigenvalue weighted by molar-refractivity contribution is 0.0943. The summed E-state index contributed by atoms with van der Waals surface area (Å²) in [5, 5.41) is 18.8. The Hall–Kier alpha value is -3.66. The number of ether oxygens (including phenoxy) is 1. The summed E-state index contributed by atoms with van der Waals surface area (Å²) in [7, 11) is 0. The number of rotatable bonds is 3. The predicted molar refractivity (Wildman–Crippen MR) is 88.5 cm³/mol. The molecule has 0 saturated heterocycles. The number of benzene rings is 1. The third kappa shape index (κ3) is 2.70. The fraction of sp³-hybridized carbons (Fsp3) is 0.111. The van der Waals surface area contributed by atoms with Crippen molar-refractivity contribution in [2.24, 2.45) is 0 Å². The second-order valence-corrected chi connectivity index (χ2v) is 5.54. The number of aromatic nitrogens is 3. The van der Waals surface area contributed by atoms with Crippen LogP contribution < -0.4 is 10.1 Å². The van der Waals surface area contributed by atoms with Crippen LogP contribution >= 0.6 is 0 Å². The molecule has 1 aromatic carbocycles.